The topological polar surface area (TPSA) is 38.3 Å². The van der Waals surface area contributed by atoms with E-state index in [9.17, 15) is 4.79 Å². The molecule has 0 fully saturated rings. The molecule has 0 radical (unpaired) electrons. The van der Waals surface area contributed by atoms with Crippen LogP contribution in [0.5, 0.6) is 5.75 Å². The molecule has 5 heteroatoms. The lowest BCUT2D eigenvalue weighted by Crippen LogP contribution is -2.37. The van der Waals surface area contributed by atoms with Crippen LogP contribution in [0.4, 0.5) is 0 Å². The number of ether oxygens (including phenoxy) is 1. The Morgan fingerprint density at radius 2 is 1.92 bits per heavy atom. The third kappa shape index (κ3) is 6.63. The molecule has 0 bridgehead atoms. The van der Waals surface area contributed by atoms with Crippen molar-refractivity contribution in [2.24, 2.45) is 0 Å². The van der Waals surface area contributed by atoms with Gasteiger partial charge in [0, 0.05) is 23.1 Å². The van der Waals surface area contributed by atoms with Gasteiger partial charge in [-0.15, -0.1) is 0 Å². The first-order valence-corrected chi connectivity index (χ1v) is 9.83. The van der Waals surface area contributed by atoms with Gasteiger partial charge < -0.3 is 10.1 Å². The van der Waals surface area contributed by atoms with Gasteiger partial charge in [-0.05, 0) is 50.1 Å². The predicted molar refractivity (Wildman–Crippen MR) is 107 cm³/mol. The van der Waals surface area contributed by atoms with Crippen LogP contribution < -0.4 is 10.1 Å². The Bertz CT molecular complexity index is 703. The van der Waals surface area contributed by atoms with Crippen molar-refractivity contribution in [2.45, 2.75) is 32.6 Å². The zero-order chi connectivity index (χ0) is 18.2. The fourth-order valence-electron chi connectivity index (χ4n) is 2.21. The molecule has 2 aromatic rings. The summed E-state index contributed by atoms with van der Waals surface area (Å²) in [6, 6.07) is 13.9. The first-order valence-electron chi connectivity index (χ1n) is 8.29. The van der Waals surface area contributed by atoms with Gasteiger partial charge in [0.15, 0.2) is 6.10 Å². The van der Waals surface area contributed by atoms with E-state index in [1.807, 2.05) is 13.0 Å². The number of carbonyl (C=O) groups excluding carboxylic acids is 1. The van der Waals surface area contributed by atoms with Crippen molar-refractivity contribution in [3.8, 4) is 5.75 Å². The zero-order valence-electron chi connectivity index (χ0n) is 14.8. The van der Waals surface area contributed by atoms with Crippen molar-refractivity contribution >= 4 is 29.3 Å². The van der Waals surface area contributed by atoms with E-state index in [1.165, 1.54) is 11.1 Å². The average Bonchev–Trinajstić information content (AvgIpc) is 2.59. The maximum Gasteiger partial charge on any atom is 0.260 e. The number of hydrogen-bond donors (Lipinski definition) is 1. The molecule has 2 rings (SSSR count). The second-order valence-electron chi connectivity index (χ2n) is 6.00. The van der Waals surface area contributed by atoms with Crippen molar-refractivity contribution in [3.05, 3.63) is 64.2 Å². The number of hydrogen-bond acceptors (Lipinski definition) is 3. The normalized spacial score (nSPS) is 11.8. The van der Waals surface area contributed by atoms with Crippen molar-refractivity contribution < 1.29 is 9.53 Å². The van der Waals surface area contributed by atoms with Gasteiger partial charge in [0.1, 0.15) is 5.75 Å². The maximum atomic E-state index is 12.1. The van der Waals surface area contributed by atoms with Crippen molar-refractivity contribution in [1.29, 1.82) is 0 Å². The van der Waals surface area contributed by atoms with Crippen molar-refractivity contribution in [1.82, 2.24) is 5.32 Å². The van der Waals surface area contributed by atoms with Gasteiger partial charge >= 0.3 is 0 Å². The number of halogens is 1. The molecule has 2 aromatic carbocycles. The average molecular weight is 378 g/mol. The molecule has 0 heterocycles. The molecule has 1 amide bonds. The predicted octanol–water partition coefficient (Wildman–Crippen LogP) is 4.77. The minimum absolute atomic E-state index is 0.108. The number of rotatable bonds is 8. The summed E-state index contributed by atoms with van der Waals surface area (Å²) in [4.78, 5) is 12.1. The third-order valence-electron chi connectivity index (χ3n) is 3.75. The lowest BCUT2D eigenvalue weighted by molar-refractivity contribution is -0.127. The molecular formula is C20H24ClNO2S. The monoisotopic (exact) mass is 377 g/mol. The Hall–Kier alpha value is -1.65. The molecule has 0 aliphatic carbocycles. The van der Waals surface area contributed by atoms with Gasteiger partial charge in [-0.25, -0.2) is 0 Å². The van der Waals surface area contributed by atoms with Crippen LogP contribution in [0.3, 0.4) is 0 Å². The smallest absolute Gasteiger partial charge is 0.260 e. The number of benzene rings is 2. The first kappa shape index (κ1) is 19.7. The molecule has 1 unspecified atom stereocenters. The highest BCUT2D eigenvalue weighted by atomic mass is 35.5. The van der Waals surface area contributed by atoms with E-state index >= 15 is 0 Å². The van der Waals surface area contributed by atoms with Gasteiger partial charge in [0.05, 0.1) is 0 Å². The molecule has 134 valence electrons. The molecule has 0 saturated carbocycles. The van der Waals surface area contributed by atoms with Crippen LogP contribution in [0.15, 0.2) is 42.5 Å². The molecule has 1 N–H and O–H groups in total. The highest BCUT2D eigenvalue weighted by Crippen LogP contribution is 2.21. The second-order valence-corrected chi connectivity index (χ2v) is 7.51. The highest BCUT2D eigenvalue weighted by molar-refractivity contribution is 7.98. The number of carbonyl (C=O) groups is 1. The number of aryl methyl sites for hydroxylation is 2. The second kappa shape index (κ2) is 9.73. The SMILES string of the molecule is Cc1ccc(CSCCNC(=O)C(C)Oc2ccc(Cl)c(C)c2)cc1. The van der Waals surface area contributed by atoms with Crippen LogP contribution in [0.2, 0.25) is 5.02 Å². The lowest BCUT2D eigenvalue weighted by Gasteiger charge is -2.15. The van der Waals surface area contributed by atoms with E-state index in [-0.39, 0.29) is 5.91 Å². The minimum Gasteiger partial charge on any atom is -0.481 e. The molecular weight excluding hydrogens is 354 g/mol. The summed E-state index contributed by atoms with van der Waals surface area (Å²) in [5.41, 5.74) is 3.50. The maximum absolute atomic E-state index is 12.1. The van der Waals surface area contributed by atoms with Gasteiger partial charge in [-0.3, -0.25) is 4.79 Å². The highest BCUT2D eigenvalue weighted by Gasteiger charge is 2.14. The summed E-state index contributed by atoms with van der Waals surface area (Å²) in [6.45, 7) is 6.37. The van der Waals surface area contributed by atoms with Gasteiger partial charge in [0.2, 0.25) is 0 Å². The largest absolute Gasteiger partial charge is 0.481 e. The molecule has 0 aromatic heterocycles. The van der Waals surface area contributed by atoms with Gasteiger partial charge in [0.25, 0.3) is 5.91 Å². The summed E-state index contributed by atoms with van der Waals surface area (Å²) in [7, 11) is 0. The van der Waals surface area contributed by atoms with Gasteiger partial charge in [-0.1, -0.05) is 41.4 Å². The summed E-state index contributed by atoms with van der Waals surface area (Å²) >= 11 is 7.80. The van der Waals surface area contributed by atoms with Crippen LogP contribution in [0.1, 0.15) is 23.6 Å². The zero-order valence-corrected chi connectivity index (χ0v) is 16.4. The molecule has 0 saturated heterocycles. The Morgan fingerprint density at radius 1 is 1.20 bits per heavy atom. The van der Waals surface area contributed by atoms with E-state index in [1.54, 1.807) is 30.8 Å². The fraction of sp³-hybridized carbons (Fsp3) is 0.350. The Kier molecular flexibility index (Phi) is 7.66. The number of amides is 1. The standard InChI is InChI=1S/C20H24ClNO2S/c1-14-4-6-17(7-5-14)13-25-11-10-22-20(23)16(3)24-18-8-9-19(21)15(2)12-18/h4-9,12,16H,10-11,13H2,1-3H3,(H,22,23). The van der Waals surface area contributed by atoms with Crippen LogP contribution in [0.25, 0.3) is 0 Å². The van der Waals surface area contributed by atoms with E-state index in [2.05, 4.69) is 36.5 Å². The summed E-state index contributed by atoms with van der Waals surface area (Å²) in [6.07, 6.45) is -0.539. The molecule has 0 spiro atoms. The quantitative estimate of drug-likeness (QED) is 0.673. The van der Waals surface area contributed by atoms with E-state index in [0.29, 0.717) is 17.3 Å². The molecule has 25 heavy (non-hydrogen) atoms. The Balaban J connectivity index is 1.67. The van der Waals surface area contributed by atoms with Crippen LogP contribution in [-0.2, 0) is 10.5 Å². The fourth-order valence-corrected chi connectivity index (χ4v) is 3.15. The van der Waals surface area contributed by atoms with Gasteiger partial charge in [-0.2, -0.15) is 11.8 Å². The first-order chi connectivity index (χ1) is 12.0. The molecule has 1 atom stereocenters. The van der Waals surface area contributed by atoms with Crippen molar-refractivity contribution in [2.75, 3.05) is 12.3 Å². The number of nitrogens with one attached hydrogen (secondary N) is 1. The number of thioether (sulfide) groups is 1. The molecule has 0 aliphatic heterocycles. The van der Waals surface area contributed by atoms with Crippen LogP contribution in [-0.4, -0.2) is 24.3 Å². The summed E-state index contributed by atoms with van der Waals surface area (Å²) in [5.74, 6) is 2.36. The van der Waals surface area contributed by atoms with E-state index in [0.717, 1.165) is 17.1 Å². The summed E-state index contributed by atoms with van der Waals surface area (Å²) in [5, 5.41) is 3.60. The van der Waals surface area contributed by atoms with Crippen LogP contribution >= 0.6 is 23.4 Å². The minimum atomic E-state index is -0.539. The Morgan fingerprint density at radius 3 is 2.60 bits per heavy atom. The van der Waals surface area contributed by atoms with Crippen molar-refractivity contribution in [3.63, 3.8) is 0 Å². The lowest BCUT2D eigenvalue weighted by atomic mass is 10.2. The third-order valence-corrected chi connectivity index (χ3v) is 5.20. The molecule has 0 aliphatic rings. The Labute approximate surface area is 159 Å². The van der Waals surface area contributed by atoms with Crippen LogP contribution in [0, 0.1) is 13.8 Å². The van der Waals surface area contributed by atoms with E-state index < -0.39 is 6.10 Å². The van der Waals surface area contributed by atoms with E-state index in [4.69, 9.17) is 16.3 Å². The molecule has 3 nitrogen and oxygen atoms in total. The summed E-state index contributed by atoms with van der Waals surface area (Å²) < 4.78 is 5.67.